The van der Waals surface area contributed by atoms with E-state index in [2.05, 4.69) is 60.2 Å². The van der Waals surface area contributed by atoms with E-state index >= 15 is 0 Å². The second-order valence-electron chi connectivity index (χ2n) is 3.61. The van der Waals surface area contributed by atoms with Crippen LogP contribution in [0.5, 0.6) is 0 Å². The highest BCUT2D eigenvalue weighted by Gasteiger charge is 2.03. The Labute approximate surface area is 95.0 Å². The first-order valence-electron chi connectivity index (χ1n) is 5.22. The molecule has 1 rings (SSSR count). The Morgan fingerprint density at radius 1 is 1.36 bits per heavy atom. The molecule has 0 radical (unpaired) electrons. The zero-order valence-electron chi connectivity index (χ0n) is 9.10. The minimum atomic E-state index is 0.543. The van der Waals surface area contributed by atoms with Crippen LogP contribution in [0.15, 0.2) is 22.7 Å². The van der Waals surface area contributed by atoms with E-state index in [0.29, 0.717) is 6.04 Å². The van der Waals surface area contributed by atoms with Crippen molar-refractivity contribution in [3.63, 3.8) is 0 Å². The summed E-state index contributed by atoms with van der Waals surface area (Å²) < 4.78 is 1.16. The Morgan fingerprint density at radius 2 is 2.07 bits per heavy atom. The normalized spacial score (nSPS) is 12.6. The molecular formula is C12H18BrN. The predicted octanol–water partition coefficient (Wildman–Crippen LogP) is 4.22. The third kappa shape index (κ3) is 3.02. The average Bonchev–Trinajstić information content (AvgIpc) is 2.20. The molecule has 0 fully saturated rings. The lowest BCUT2D eigenvalue weighted by atomic mass is 10.1. The van der Waals surface area contributed by atoms with Crippen LogP contribution < -0.4 is 5.32 Å². The topological polar surface area (TPSA) is 12.0 Å². The molecule has 0 amide bonds. The summed E-state index contributed by atoms with van der Waals surface area (Å²) in [6.07, 6.45) is 2.22. The number of rotatable bonds is 4. The van der Waals surface area contributed by atoms with Crippen LogP contribution in [0.3, 0.4) is 0 Å². The number of halogens is 1. The maximum Gasteiger partial charge on any atom is 0.0375 e. The van der Waals surface area contributed by atoms with Gasteiger partial charge in [0.1, 0.15) is 0 Å². The van der Waals surface area contributed by atoms with Gasteiger partial charge in [-0.1, -0.05) is 29.8 Å². The van der Waals surface area contributed by atoms with E-state index in [4.69, 9.17) is 0 Å². The fraction of sp³-hybridized carbons (Fsp3) is 0.500. The van der Waals surface area contributed by atoms with Gasteiger partial charge in [0.25, 0.3) is 0 Å². The first-order chi connectivity index (χ1) is 6.67. The third-order valence-corrected chi connectivity index (χ3v) is 2.96. The van der Waals surface area contributed by atoms with Gasteiger partial charge in [-0.2, -0.15) is 0 Å². The van der Waals surface area contributed by atoms with E-state index in [1.54, 1.807) is 0 Å². The third-order valence-electron chi connectivity index (χ3n) is 2.46. The summed E-state index contributed by atoms with van der Waals surface area (Å²) in [6, 6.07) is 6.96. The van der Waals surface area contributed by atoms with Gasteiger partial charge in [0, 0.05) is 16.2 Å². The number of nitrogens with one attached hydrogen (secondary N) is 1. The highest BCUT2D eigenvalue weighted by Crippen LogP contribution is 2.22. The molecule has 1 aromatic rings. The molecule has 0 aliphatic heterocycles. The first kappa shape index (κ1) is 11.6. The largest absolute Gasteiger partial charge is 0.382 e. The van der Waals surface area contributed by atoms with Gasteiger partial charge in [-0.25, -0.2) is 0 Å². The Morgan fingerprint density at radius 3 is 2.64 bits per heavy atom. The monoisotopic (exact) mass is 255 g/mol. The van der Waals surface area contributed by atoms with Crippen LogP contribution in [-0.4, -0.2) is 6.04 Å². The molecule has 0 saturated carbocycles. The van der Waals surface area contributed by atoms with Crippen molar-refractivity contribution in [3.8, 4) is 0 Å². The van der Waals surface area contributed by atoms with Gasteiger partial charge >= 0.3 is 0 Å². The van der Waals surface area contributed by atoms with Crippen molar-refractivity contribution in [2.75, 3.05) is 5.32 Å². The van der Waals surface area contributed by atoms with Crippen molar-refractivity contribution in [1.29, 1.82) is 0 Å². The van der Waals surface area contributed by atoms with Crippen molar-refractivity contribution in [2.45, 2.75) is 39.7 Å². The van der Waals surface area contributed by atoms with E-state index < -0.39 is 0 Å². The van der Waals surface area contributed by atoms with Crippen molar-refractivity contribution in [2.24, 2.45) is 0 Å². The molecule has 78 valence electrons. The molecule has 0 saturated heterocycles. The van der Waals surface area contributed by atoms with Crippen LogP contribution in [0.1, 0.15) is 32.8 Å². The quantitative estimate of drug-likeness (QED) is 0.850. The Hall–Kier alpha value is -0.500. The van der Waals surface area contributed by atoms with Crippen LogP contribution >= 0.6 is 15.9 Å². The van der Waals surface area contributed by atoms with Crippen LogP contribution in [0.4, 0.5) is 5.69 Å². The summed E-state index contributed by atoms with van der Waals surface area (Å²) in [7, 11) is 0. The van der Waals surface area contributed by atoms with Gasteiger partial charge in [0.05, 0.1) is 0 Å². The fourth-order valence-corrected chi connectivity index (χ4v) is 1.77. The number of hydrogen-bond donors (Lipinski definition) is 1. The van der Waals surface area contributed by atoms with Crippen LogP contribution in [0.25, 0.3) is 0 Å². The molecule has 1 unspecified atom stereocenters. The van der Waals surface area contributed by atoms with Gasteiger partial charge in [-0.15, -0.1) is 0 Å². The molecule has 0 bridgehead atoms. The number of anilines is 1. The van der Waals surface area contributed by atoms with Gasteiger partial charge < -0.3 is 5.32 Å². The SMILES string of the molecule is CCc1cc(Br)ccc1NC(C)CC. The van der Waals surface area contributed by atoms with E-state index in [0.717, 1.165) is 17.3 Å². The smallest absolute Gasteiger partial charge is 0.0375 e. The maximum absolute atomic E-state index is 3.52. The Bertz CT molecular complexity index is 296. The number of hydrogen-bond acceptors (Lipinski definition) is 1. The molecule has 0 spiro atoms. The van der Waals surface area contributed by atoms with Gasteiger partial charge in [-0.3, -0.25) is 0 Å². The van der Waals surface area contributed by atoms with Gasteiger partial charge in [0.15, 0.2) is 0 Å². The molecule has 2 heteroatoms. The van der Waals surface area contributed by atoms with Crippen LogP contribution in [-0.2, 0) is 6.42 Å². The summed E-state index contributed by atoms with van der Waals surface area (Å²) in [4.78, 5) is 0. The molecule has 1 nitrogen and oxygen atoms in total. The summed E-state index contributed by atoms with van der Waals surface area (Å²) >= 11 is 3.49. The average molecular weight is 256 g/mol. The highest BCUT2D eigenvalue weighted by molar-refractivity contribution is 9.10. The molecule has 0 aromatic heterocycles. The molecule has 0 heterocycles. The molecule has 0 aliphatic rings. The molecule has 14 heavy (non-hydrogen) atoms. The van der Waals surface area contributed by atoms with E-state index in [9.17, 15) is 0 Å². The van der Waals surface area contributed by atoms with Crippen LogP contribution in [0, 0.1) is 0 Å². The van der Waals surface area contributed by atoms with Crippen molar-refractivity contribution in [3.05, 3.63) is 28.2 Å². The molecule has 1 atom stereocenters. The van der Waals surface area contributed by atoms with Gasteiger partial charge in [-0.05, 0) is 43.5 Å². The maximum atomic E-state index is 3.52. The van der Waals surface area contributed by atoms with Crippen LogP contribution in [0.2, 0.25) is 0 Å². The lowest BCUT2D eigenvalue weighted by Gasteiger charge is -2.16. The van der Waals surface area contributed by atoms with E-state index in [1.807, 2.05) is 0 Å². The van der Waals surface area contributed by atoms with Crippen molar-refractivity contribution >= 4 is 21.6 Å². The van der Waals surface area contributed by atoms with Crippen molar-refractivity contribution in [1.82, 2.24) is 0 Å². The Balaban J connectivity index is 2.85. The zero-order chi connectivity index (χ0) is 10.6. The number of aryl methyl sites for hydroxylation is 1. The molecule has 1 aromatic carbocycles. The zero-order valence-corrected chi connectivity index (χ0v) is 10.7. The second-order valence-corrected chi connectivity index (χ2v) is 4.52. The summed E-state index contributed by atoms with van der Waals surface area (Å²) in [5.74, 6) is 0. The molecule has 1 N–H and O–H groups in total. The standard InChI is InChI=1S/C12H18BrN/c1-4-9(3)14-12-7-6-11(13)8-10(12)5-2/h6-9,14H,4-5H2,1-3H3. The fourth-order valence-electron chi connectivity index (χ4n) is 1.36. The summed E-state index contributed by atoms with van der Waals surface area (Å²) in [6.45, 7) is 6.59. The number of benzene rings is 1. The predicted molar refractivity (Wildman–Crippen MR) is 66.9 cm³/mol. The summed E-state index contributed by atoms with van der Waals surface area (Å²) in [5, 5.41) is 3.52. The lowest BCUT2D eigenvalue weighted by Crippen LogP contribution is -2.14. The molecule has 0 aliphatic carbocycles. The summed E-state index contributed by atoms with van der Waals surface area (Å²) in [5.41, 5.74) is 2.64. The van der Waals surface area contributed by atoms with E-state index in [-0.39, 0.29) is 0 Å². The van der Waals surface area contributed by atoms with Gasteiger partial charge in [0.2, 0.25) is 0 Å². The highest BCUT2D eigenvalue weighted by atomic mass is 79.9. The first-order valence-corrected chi connectivity index (χ1v) is 6.01. The minimum Gasteiger partial charge on any atom is -0.382 e. The molecular weight excluding hydrogens is 238 g/mol. The minimum absolute atomic E-state index is 0.543. The van der Waals surface area contributed by atoms with E-state index in [1.165, 1.54) is 11.3 Å². The van der Waals surface area contributed by atoms with Crippen molar-refractivity contribution < 1.29 is 0 Å². The second kappa shape index (κ2) is 5.40. The lowest BCUT2D eigenvalue weighted by molar-refractivity contribution is 0.762. The Kier molecular flexibility index (Phi) is 4.46.